The molecule has 1 aromatic carbocycles. The number of amides is 2. The number of esters is 1. The topological polar surface area (TPSA) is 109 Å². The smallest absolute Gasteiger partial charge is 0.310 e. The standard InChI is InChI=1S/C17H19N3O5/c1-11(17(23)20(2)9-5-8-18)24-15(21)10-14-16(22)19-12-6-3-4-7-13(12)25-14/h3-4,6-7,11,14H,5,9-10H2,1-2H3,(H,19,22)/t11-,14+/m0/s1. The number of likely N-dealkylation sites (N-methyl/N-ethyl adjacent to an activating group) is 1. The highest BCUT2D eigenvalue weighted by atomic mass is 16.6. The predicted octanol–water partition coefficient (Wildman–Crippen LogP) is 1.08. The van der Waals surface area contributed by atoms with Crippen molar-refractivity contribution >= 4 is 23.5 Å². The molecule has 0 bridgehead atoms. The number of hydrogen-bond acceptors (Lipinski definition) is 6. The number of fused-ring (bicyclic) bond motifs is 1. The Labute approximate surface area is 145 Å². The lowest BCUT2D eigenvalue weighted by molar-refractivity contribution is -0.160. The Bertz CT molecular complexity index is 712. The predicted molar refractivity (Wildman–Crippen MR) is 87.5 cm³/mol. The van der Waals surface area contributed by atoms with Gasteiger partial charge in [0.25, 0.3) is 11.8 Å². The molecule has 0 fully saturated rings. The SMILES string of the molecule is C[C@H](OC(=O)C[C@H]1Oc2ccccc2NC1=O)C(=O)N(C)CCC#N. The van der Waals surface area contributed by atoms with Gasteiger partial charge in [0.15, 0.2) is 12.2 Å². The second-order valence-electron chi connectivity index (χ2n) is 5.60. The summed E-state index contributed by atoms with van der Waals surface area (Å²) in [7, 11) is 1.53. The third-order valence-corrected chi connectivity index (χ3v) is 3.65. The van der Waals surface area contributed by atoms with E-state index in [1.165, 1.54) is 18.9 Å². The van der Waals surface area contributed by atoms with Gasteiger partial charge in [-0.25, -0.2) is 0 Å². The molecule has 1 heterocycles. The van der Waals surface area contributed by atoms with E-state index < -0.39 is 30.0 Å². The van der Waals surface area contributed by atoms with Gasteiger partial charge in [0, 0.05) is 13.6 Å². The second-order valence-corrected chi connectivity index (χ2v) is 5.60. The third-order valence-electron chi connectivity index (χ3n) is 3.65. The number of carbonyl (C=O) groups is 3. The number of nitrogens with one attached hydrogen (secondary N) is 1. The minimum atomic E-state index is -1.01. The maximum atomic E-state index is 12.0. The first-order chi connectivity index (χ1) is 11.9. The van der Waals surface area contributed by atoms with Crippen LogP contribution < -0.4 is 10.1 Å². The molecule has 2 amide bonds. The van der Waals surface area contributed by atoms with Crippen molar-refractivity contribution in [2.45, 2.75) is 32.0 Å². The molecule has 8 nitrogen and oxygen atoms in total. The molecule has 2 atom stereocenters. The Balaban J connectivity index is 1.89. The molecule has 25 heavy (non-hydrogen) atoms. The van der Waals surface area contributed by atoms with Crippen LogP contribution in [-0.2, 0) is 19.1 Å². The van der Waals surface area contributed by atoms with Gasteiger partial charge in [-0.2, -0.15) is 5.26 Å². The van der Waals surface area contributed by atoms with Gasteiger partial charge in [-0.05, 0) is 19.1 Å². The van der Waals surface area contributed by atoms with Crippen molar-refractivity contribution in [1.29, 1.82) is 5.26 Å². The molecule has 0 aromatic heterocycles. The average Bonchev–Trinajstić information content (AvgIpc) is 2.59. The minimum absolute atomic E-state index is 0.193. The van der Waals surface area contributed by atoms with Gasteiger partial charge in [0.05, 0.1) is 24.6 Å². The second kappa shape index (κ2) is 8.15. The van der Waals surface area contributed by atoms with Crippen molar-refractivity contribution in [2.24, 2.45) is 0 Å². The van der Waals surface area contributed by atoms with Crippen molar-refractivity contribution in [3.63, 3.8) is 0 Å². The summed E-state index contributed by atoms with van der Waals surface area (Å²) in [5, 5.41) is 11.2. The van der Waals surface area contributed by atoms with E-state index in [0.29, 0.717) is 11.4 Å². The van der Waals surface area contributed by atoms with Crippen LogP contribution in [0.3, 0.4) is 0 Å². The molecular formula is C17H19N3O5. The number of hydrogen-bond donors (Lipinski definition) is 1. The van der Waals surface area contributed by atoms with Crippen LogP contribution in [0.15, 0.2) is 24.3 Å². The van der Waals surface area contributed by atoms with Crippen LogP contribution >= 0.6 is 0 Å². The highest BCUT2D eigenvalue weighted by Gasteiger charge is 2.31. The average molecular weight is 345 g/mol. The quantitative estimate of drug-likeness (QED) is 0.773. The van der Waals surface area contributed by atoms with Gasteiger partial charge >= 0.3 is 5.97 Å². The van der Waals surface area contributed by atoms with E-state index >= 15 is 0 Å². The molecule has 1 N–H and O–H groups in total. The summed E-state index contributed by atoms with van der Waals surface area (Å²) < 4.78 is 10.6. The van der Waals surface area contributed by atoms with E-state index in [1.807, 2.05) is 6.07 Å². The van der Waals surface area contributed by atoms with E-state index in [0.717, 1.165) is 0 Å². The first kappa shape index (κ1) is 18.3. The number of carbonyl (C=O) groups excluding carboxylic acids is 3. The summed E-state index contributed by atoms with van der Waals surface area (Å²) in [6.07, 6.45) is -2.13. The van der Waals surface area contributed by atoms with Crippen LogP contribution in [0.4, 0.5) is 5.69 Å². The van der Waals surface area contributed by atoms with Gasteiger partial charge in [-0.3, -0.25) is 14.4 Å². The van der Waals surface area contributed by atoms with Gasteiger partial charge < -0.3 is 19.7 Å². The van der Waals surface area contributed by atoms with Crippen LogP contribution in [0.1, 0.15) is 19.8 Å². The van der Waals surface area contributed by atoms with E-state index in [1.54, 1.807) is 24.3 Å². The van der Waals surface area contributed by atoms with Gasteiger partial charge in [0.1, 0.15) is 5.75 Å². The van der Waals surface area contributed by atoms with E-state index in [4.69, 9.17) is 14.7 Å². The molecule has 0 saturated heterocycles. The highest BCUT2D eigenvalue weighted by molar-refractivity contribution is 5.99. The number of ether oxygens (including phenoxy) is 2. The molecular weight excluding hydrogens is 326 g/mol. The zero-order valence-corrected chi connectivity index (χ0v) is 14.0. The highest BCUT2D eigenvalue weighted by Crippen LogP contribution is 2.29. The lowest BCUT2D eigenvalue weighted by atomic mass is 10.1. The van der Waals surface area contributed by atoms with Gasteiger partial charge in [-0.1, -0.05) is 12.1 Å². The summed E-state index contributed by atoms with van der Waals surface area (Å²) >= 11 is 0. The fourth-order valence-electron chi connectivity index (χ4n) is 2.31. The Kier molecular flexibility index (Phi) is 5.95. The fourth-order valence-corrected chi connectivity index (χ4v) is 2.31. The number of nitriles is 1. The maximum Gasteiger partial charge on any atom is 0.310 e. The van der Waals surface area contributed by atoms with Crippen LogP contribution in [-0.4, -0.2) is 48.5 Å². The first-order valence-electron chi connectivity index (χ1n) is 7.80. The molecule has 1 aliphatic rings. The monoisotopic (exact) mass is 345 g/mol. The van der Waals surface area contributed by atoms with Crippen molar-refractivity contribution in [2.75, 3.05) is 18.9 Å². The number of nitrogens with zero attached hydrogens (tertiary/aromatic N) is 2. The van der Waals surface area contributed by atoms with E-state index in [-0.39, 0.29) is 19.4 Å². The number of rotatable bonds is 6. The molecule has 1 aromatic rings. The lowest BCUT2D eigenvalue weighted by Crippen LogP contribution is -2.41. The molecule has 1 aliphatic heterocycles. The molecule has 2 rings (SSSR count). The Morgan fingerprint density at radius 1 is 1.44 bits per heavy atom. The Morgan fingerprint density at radius 3 is 2.88 bits per heavy atom. The van der Waals surface area contributed by atoms with Crippen LogP contribution in [0.2, 0.25) is 0 Å². The zero-order chi connectivity index (χ0) is 18.4. The third kappa shape index (κ3) is 4.70. The van der Waals surface area contributed by atoms with Crippen LogP contribution in [0, 0.1) is 11.3 Å². The van der Waals surface area contributed by atoms with Crippen LogP contribution in [0.25, 0.3) is 0 Å². The molecule has 8 heteroatoms. The molecule has 0 aliphatic carbocycles. The largest absolute Gasteiger partial charge is 0.478 e. The Hall–Kier alpha value is -3.08. The van der Waals surface area contributed by atoms with Gasteiger partial charge in [-0.15, -0.1) is 0 Å². The van der Waals surface area contributed by atoms with Gasteiger partial charge in [0.2, 0.25) is 0 Å². The summed E-state index contributed by atoms with van der Waals surface area (Å²) in [6, 6.07) is 8.83. The van der Waals surface area contributed by atoms with Crippen molar-refractivity contribution in [3.8, 4) is 11.8 Å². The summed E-state index contributed by atoms with van der Waals surface area (Å²) in [5.41, 5.74) is 0.541. The fraction of sp³-hybridized carbons (Fsp3) is 0.412. The maximum absolute atomic E-state index is 12.0. The lowest BCUT2D eigenvalue weighted by Gasteiger charge is -2.26. The summed E-state index contributed by atoms with van der Waals surface area (Å²) in [4.78, 5) is 37.4. The molecule has 0 unspecified atom stereocenters. The molecule has 0 saturated carbocycles. The summed E-state index contributed by atoms with van der Waals surface area (Å²) in [6.45, 7) is 1.70. The van der Waals surface area contributed by atoms with E-state index in [2.05, 4.69) is 5.32 Å². The Morgan fingerprint density at radius 2 is 2.16 bits per heavy atom. The molecule has 0 spiro atoms. The molecule has 132 valence electrons. The van der Waals surface area contributed by atoms with Crippen molar-refractivity contribution in [3.05, 3.63) is 24.3 Å². The number of anilines is 1. The van der Waals surface area contributed by atoms with Crippen molar-refractivity contribution < 1.29 is 23.9 Å². The first-order valence-corrected chi connectivity index (χ1v) is 7.80. The normalized spacial score (nSPS) is 16.5. The summed E-state index contributed by atoms with van der Waals surface area (Å²) in [5.74, 6) is -1.10. The van der Waals surface area contributed by atoms with E-state index in [9.17, 15) is 14.4 Å². The zero-order valence-electron chi connectivity index (χ0n) is 14.0. The molecule has 0 radical (unpaired) electrons. The number of para-hydroxylation sites is 2. The van der Waals surface area contributed by atoms with Crippen molar-refractivity contribution in [1.82, 2.24) is 4.90 Å². The number of benzene rings is 1. The van der Waals surface area contributed by atoms with Crippen LogP contribution in [0.5, 0.6) is 5.75 Å². The minimum Gasteiger partial charge on any atom is -0.478 e.